The molecule has 0 radical (unpaired) electrons. The number of carboxylic acid groups (broad SMARTS) is 1. The quantitative estimate of drug-likeness (QED) is 0.794. The molecule has 2 rings (SSSR count). The van der Waals surface area contributed by atoms with Gasteiger partial charge in [-0.15, -0.1) is 0 Å². The lowest BCUT2D eigenvalue weighted by molar-refractivity contribution is -0.138. The van der Waals surface area contributed by atoms with Crippen LogP contribution < -0.4 is 0 Å². The summed E-state index contributed by atoms with van der Waals surface area (Å²) >= 11 is 0. The first kappa shape index (κ1) is 15.3. The van der Waals surface area contributed by atoms with Crippen LogP contribution in [0.15, 0.2) is 36.7 Å². The van der Waals surface area contributed by atoms with Crippen LogP contribution in [-0.4, -0.2) is 20.6 Å². The third-order valence-corrected chi connectivity index (χ3v) is 3.91. The van der Waals surface area contributed by atoms with Crippen molar-refractivity contribution in [3.8, 4) is 0 Å². The number of aromatic nitrogens is 2. The molecule has 1 unspecified atom stereocenters. The second-order valence-electron chi connectivity index (χ2n) is 5.38. The number of carboxylic acids is 1. The lowest BCUT2D eigenvalue weighted by atomic mass is 9.93. The third kappa shape index (κ3) is 3.94. The van der Waals surface area contributed by atoms with Gasteiger partial charge in [0.25, 0.3) is 0 Å². The molecule has 1 N–H and O–H groups in total. The van der Waals surface area contributed by atoms with Crippen molar-refractivity contribution in [1.29, 1.82) is 0 Å². The van der Waals surface area contributed by atoms with Crippen molar-refractivity contribution in [3.63, 3.8) is 0 Å². The molecule has 2 aromatic rings. The molecule has 0 aliphatic heterocycles. The van der Waals surface area contributed by atoms with Gasteiger partial charge in [0.1, 0.15) is 5.82 Å². The van der Waals surface area contributed by atoms with Crippen molar-refractivity contribution in [3.05, 3.63) is 53.6 Å². The predicted octanol–water partition coefficient (Wildman–Crippen LogP) is 3.40. The number of aryl methyl sites for hydroxylation is 3. The van der Waals surface area contributed by atoms with Crippen LogP contribution in [0.2, 0.25) is 0 Å². The minimum atomic E-state index is -0.767. The van der Waals surface area contributed by atoms with E-state index in [9.17, 15) is 9.90 Å². The summed E-state index contributed by atoms with van der Waals surface area (Å²) in [6, 6.07) is 7.85. The van der Waals surface area contributed by atoms with Crippen molar-refractivity contribution in [2.75, 3.05) is 0 Å². The summed E-state index contributed by atoms with van der Waals surface area (Å²) in [6.07, 6.45) is 6.84. The number of nitrogens with zero attached hydrogens (tertiary/aromatic N) is 2. The fourth-order valence-corrected chi connectivity index (χ4v) is 2.55. The number of imidazole rings is 1. The summed E-state index contributed by atoms with van der Waals surface area (Å²) in [5, 5.41) is 9.18. The minimum absolute atomic E-state index is 0.447. The Labute approximate surface area is 125 Å². The Bertz CT molecular complexity index is 604. The molecule has 0 fully saturated rings. The summed E-state index contributed by atoms with van der Waals surface area (Å²) < 4.78 is 2.14. The first-order valence-corrected chi connectivity index (χ1v) is 7.38. The van der Waals surface area contributed by atoms with Crippen molar-refractivity contribution in [2.45, 2.75) is 45.6 Å². The van der Waals surface area contributed by atoms with Crippen LogP contribution in [0.3, 0.4) is 0 Å². The molecule has 0 bridgehead atoms. The standard InChI is InChI=1S/C17H22N2O2/c1-13(17(20)21)16-9-4-3-7-15(16)8-5-6-11-19-12-10-18-14(19)2/h3-4,7,9-10,12-13H,5-6,8,11H2,1-2H3,(H,20,21). The fourth-order valence-electron chi connectivity index (χ4n) is 2.55. The summed E-state index contributed by atoms with van der Waals surface area (Å²) in [5.41, 5.74) is 2.08. The van der Waals surface area contributed by atoms with Crippen molar-refractivity contribution >= 4 is 5.97 Å². The van der Waals surface area contributed by atoms with Crippen molar-refractivity contribution < 1.29 is 9.90 Å². The van der Waals surface area contributed by atoms with Crippen LogP contribution in [0.25, 0.3) is 0 Å². The maximum absolute atomic E-state index is 11.2. The zero-order chi connectivity index (χ0) is 15.2. The van der Waals surface area contributed by atoms with E-state index in [2.05, 4.69) is 9.55 Å². The largest absolute Gasteiger partial charge is 0.481 e. The Morgan fingerprint density at radius 2 is 2.10 bits per heavy atom. The molecule has 0 spiro atoms. The second kappa shape index (κ2) is 7.07. The monoisotopic (exact) mass is 286 g/mol. The summed E-state index contributed by atoms with van der Waals surface area (Å²) in [5.74, 6) is -0.177. The maximum Gasteiger partial charge on any atom is 0.310 e. The van der Waals surface area contributed by atoms with Gasteiger partial charge in [0.05, 0.1) is 5.92 Å². The van der Waals surface area contributed by atoms with Crippen LogP contribution in [0, 0.1) is 6.92 Å². The molecule has 1 heterocycles. The smallest absolute Gasteiger partial charge is 0.310 e. The number of carbonyl (C=O) groups is 1. The van der Waals surface area contributed by atoms with E-state index < -0.39 is 11.9 Å². The van der Waals surface area contributed by atoms with Gasteiger partial charge in [0.2, 0.25) is 0 Å². The van der Waals surface area contributed by atoms with Gasteiger partial charge in [0, 0.05) is 18.9 Å². The first-order valence-electron chi connectivity index (χ1n) is 7.38. The Morgan fingerprint density at radius 3 is 2.76 bits per heavy atom. The lowest BCUT2D eigenvalue weighted by Gasteiger charge is -2.13. The van der Waals surface area contributed by atoms with E-state index in [1.54, 1.807) is 6.92 Å². The molecule has 1 aromatic carbocycles. The van der Waals surface area contributed by atoms with Crippen molar-refractivity contribution in [1.82, 2.24) is 9.55 Å². The fraction of sp³-hybridized carbons (Fsp3) is 0.412. The van der Waals surface area contributed by atoms with Gasteiger partial charge < -0.3 is 9.67 Å². The van der Waals surface area contributed by atoms with Crippen LogP contribution >= 0.6 is 0 Å². The van der Waals surface area contributed by atoms with E-state index >= 15 is 0 Å². The molecule has 0 amide bonds. The Morgan fingerprint density at radius 1 is 1.33 bits per heavy atom. The highest BCUT2D eigenvalue weighted by atomic mass is 16.4. The van der Waals surface area contributed by atoms with Crippen LogP contribution in [0.1, 0.15) is 42.6 Å². The van der Waals surface area contributed by atoms with Gasteiger partial charge in [-0.1, -0.05) is 24.3 Å². The average molecular weight is 286 g/mol. The molecule has 4 nitrogen and oxygen atoms in total. The highest BCUT2D eigenvalue weighted by Crippen LogP contribution is 2.21. The van der Waals surface area contributed by atoms with E-state index in [-0.39, 0.29) is 0 Å². The number of hydrogen-bond acceptors (Lipinski definition) is 2. The molecule has 1 atom stereocenters. The summed E-state index contributed by atoms with van der Waals surface area (Å²) in [7, 11) is 0. The molecule has 4 heteroatoms. The molecule has 112 valence electrons. The molecule has 0 saturated heterocycles. The Balaban J connectivity index is 1.91. The number of rotatable bonds is 7. The molecule has 21 heavy (non-hydrogen) atoms. The third-order valence-electron chi connectivity index (χ3n) is 3.91. The van der Waals surface area contributed by atoms with Gasteiger partial charge in [-0.25, -0.2) is 4.98 Å². The molecular formula is C17H22N2O2. The lowest BCUT2D eigenvalue weighted by Crippen LogP contribution is -2.10. The second-order valence-corrected chi connectivity index (χ2v) is 5.38. The van der Waals surface area contributed by atoms with E-state index in [0.29, 0.717) is 0 Å². The van der Waals surface area contributed by atoms with E-state index in [0.717, 1.165) is 42.8 Å². The highest BCUT2D eigenvalue weighted by molar-refractivity contribution is 5.76. The zero-order valence-corrected chi connectivity index (χ0v) is 12.6. The van der Waals surface area contributed by atoms with Crippen LogP contribution in [0.4, 0.5) is 0 Å². The van der Waals surface area contributed by atoms with Gasteiger partial charge in [0.15, 0.2) is 0 Å². The van der Waals surface area contributed by atoms with Crippen LogP contribution in [-0.2, 0) is 17.8 Å². The Kier molecular flexibility index (Phi) is 5.14. The van der Waals surface area contributed by atoms with E-state index in [1.807, 2.05) is 43.6 Å². The van der Waals surface area contributed by atoms with Crippen LogP contribution in [0.5, 0.6) is 0 Å². The normalized spacial score (nSPS) is 12.3. The Hall–Kier alpha value is -2.10. The molecule has 0 saturated carbocycles. The van der Waals surface area contributed by atoms with Gasteiger partial charge >= 0.3 is 5.97 Å². The number of benzene rings is 1. The molecule has 0 aliphatic carbocycles. The van der Waals surface area contributed by atoms with Crippen molar-refractivity contribution in [2.24, 2.45) is 0 Å². The van der Waals surface area contributed by atoms with Gasteiger partial charge in [-0.2, -0.15) is 0 Å². The highest BCUT2D eigenvalue weighted by Gasteiger charge is 2.16. The zero-order valence-electron chi connectivity index (χ0n) is 12.6. The summed E-state index contributed by atoms with van der Waals surface area (Å²) in [4.78, 5) is 15.4. The minimum Gasteiger partial charge on any atom is -0.481 e. The van der Waals surface area contributed by atoms with Gasteiger partial charge in [-0.05, 0) is 44.2 Å². The summed E-state index contributed by atoms with van der Waals surface area (Å²) in [6.45, 7) is 4.71. The maximum atomic E-state index is 11.2. The number of hydrogen-bond donors (Lipinski definition) is 1. The molecule has 1 aromatic heterocycles. The van der Waals surface area contributed by atoms with Gasteiger partial charge in [-0.3, -0.25) is 4.79 Å². The van der Waals surface area contributed by atoms with E-state index in [1.165, 1.54) is 0 Å². The SMILES string of the molecule is Cc1nccn1CCCCc1ccccc1C(C)C(=O)O. The average Bonchev–Trinajstić information content (AvgIpc) is 2.88. The number of unbranched alkanes of at least 4 members (excludes halogenated alkanes) is 1. The predicted molar refractivity (Wildman–Crippen MR) is 82.4 cm³/mol. The molecule has 0 aliphatic rings. The van der Waals surface area contributed by atoms with E-state index in [4.69, 9.17) is 0 Å². The molecular weight excluding hydrogens is 264 g/mol. The first-order chi connectivity index (χ1) is 10.1. The number of aliphatic carboxylic acids is 1. The topological polar surface area (TPSA) is 55.1 Å².